The van der Waals surface area contributed by atoms with Gasteiger partial charge in [0, 0.05) is 22.4 Å². The molecule has 1 N–H and O–H groups in total. The Morgan fingerprint density at radius 2 is 2.05 bits per heavy atom. The zero-order valence-corrected chi connectivity index (χ0v) is 14.3. The number of thioether (sulfide) groups is 1. The van der Waals surface area contributed by atoms with E-state index in [0.717, 1.165) is 18.3 Å². The van der Waals surface area contributed by atoms with Crippen molar-refractivity contribution in [3.63, 3.8) is 0 Å². The summed E-state index contributed by atoms with van der Waals surface area (Å²) in [4.78, 5) is 7.63. The van der Waals surface area contributed by atoms with E-state index in [0.29, 0.717) is 5.92 Å². The largest absolute Gasteiger partial charge is 0.309 e. The number of rotatable bonds is 7. The Bertz CT molecular complexity index is 574. The molecule has 3 rings (SSSR count). The second-order valence-electron chi connectivity index (χ2n) is 5.83. The van der Waals surface area contributed by atoms with Crippen molar-refractivity contribution in [2.45, 2.75) is 55.8 Å². The van der Waals surface area contributed by atoms with Crippen LogP contribution in [0, 0.1) is 0 Å². The summed E-state index contributed by atoms with van der Waals surface area (Å²) >= 11 is 3.75. The number of benzene rings is 1. The van der Waals surface area contributed by atoms with Crippen molar-refractivity contribution in [2.75, 3.05) is 0 Å². The second kappa shape index (κ2) is 6.95. The normalized spacial score (nSPS) is 14.8. The lowest BCUT2D eigenvalue weighted by Crippen LogP contribution is -2.15. The van der Waals surface area contributed by atoms with Gasteiger partial charge in [0.15, 0.2) is 0 Å². The molecule has 1 fully saturated rings. The highest BCUT2D eigenvalue weighted by molar-refractivity contribution is 7.98. The number of nitrogens with zero attached hydrogens (tertiary/aromatic N) is 1. The first-order valence-electron chi connectivity index (χ1n) is 7.62. The lowest BCUT2D eigenvalue weighted by atomic mass is 10.1. The van der Waals surface area contributed by atoms with Gasteiger partial charge in [-0.25, -0.2) is 4.98 Å². The fourth-order valence-electron chi connectivity index (χ4n) is 2.24. The van der Waals surface area contributed by atoms with E-state index in [2.05, 4.69) is 49.5 Å². The molecular formula is C17H22N2S2. The average molecular weight is 319 g/mol. The van der Waals surface area contributed by atoms with Crippen LogP contribution in [0.25, 0.3) is 0 Å². The number of nitrogens with one attached hydrogen (secondary N) is 1. The Morgan fingerprint density at radius 3 is 2.71 bits per heavy atom. The summed E-state index contributed by atoms with van der Waals surface area (Å²) < 4.78 is 0. The Labute approximate surface area is 135 Å². The van der Waals surface area contributed by atoms with Gasteiger partial charge in [0.05, 0.1) is 11.4 Å². The minimum Gasteiger partial charge on any atom is -0.309 e. The SMILES string of the molecule is CC(C)c1nc(CSc2ccccc2)sc1CNC1CC1. The molecule has 1 aliphatic carbocycles. The van der Waals surface area contributed by atoms with Crippen LogP contribution in [0.5, 0.6) is 0 Å². The molecule has 1 aromatic carbocycles. The summed E-state index contributed by atoms with van der Waals surface area (Å²) in [7, 11) is 0. The molecule has 2 nitrogen and oxygen atoms in total. The molecule has 4 heteroatoms. The van der Waals surface area contributed by atoms with E-state index in [4.69, 9.17) is 4.98 Å². The van der Waals surface area contributed by atoms with E-state index in [1.165, 1.54) is 33.3 Å². The Hall–Kier alpha value is -0.840. The van der Waals surface area contributed by atoms with Crippen molar-refractivity contribution < 1.29 is 0 Å². The van der Waals surface area contributed by atoms with Crippen molar-refractivity contribution in [1.82, 2.24) is 10.3 Å². The molecule has 0 amide bonds. The van der Waals surface area contributed by atoms with E-state index in [9.17, 15) is 0 Å². The first-order chi connectivity index (χ1) is 10.2. The molecule has 1 heterocycles. The molecule has 1 saturated carbocycles. The molecule has 21 heavy (non-hydrogen) atoms. The van der Waals surface area contributed by atoms with Crippen LogP contribution in [-0.2, 0) is 12.3 Å². The summed E-state index contributed by atoms with van der Waals surface area (Å²) in [6.07, 6.45) is 2.68. The third-order valence-electron chi connectivity index (χ3n) is 3.55. The van der Waals surface area contributed by atoms with Crippen LogP contribution in [-0.4, -0.2) is 11.0 Å². The van der Waals surface area contributed by atoms with Crippen molar-refractivity contribution in [2.24, 2.45) is 0 Å². The smallest absolute Gasteiger partial charge is 0.103 e. The first kappa shape index (κ1) is 15.1. The molecular weight excluding hydrogens is 296 g/mol. The lowest BCUT2D eigenvalue weighted by Gasteiger charge is -2.05. The van der Waals surface area contributed by atoms with Gasteiger partial charge >= 0.3 is 0 Å². The molecule has 1 aromatic heterocycles. The van der Waals surface area contributed by atoms with Crippen molar-refractivity contribution >= 4 is 23.1 Å². The van der Waals surface area contributed by atoms with Crippen LogP contribution < -0.4 is 5.32 Å². The van der Waals surface area contributed by atoms with E-state index in [1.807, 2.05) is 23.1 Å². The Morgan fingerprint density at radius 1 is 1.29 bits per heavy atom. The molecule has 0 unspecified atom stereocenters. The summed E-state index contributed by atoms with van der Waals surface area (Å²) in [5.74, 6) is 1.48. The highest BCUT2D eigenvalue weighted by atomic mass is 32.2. The minimum absolute atomic E-state index is 0.507. The zero-order valence-electron chi connectivity index (χ0n) is 12.6. The third kappa shape index (κ3) is 4.31. The van der Waals surface area contributed by atoms with Gasteiger partial charge in [-0.1, -0.05) is 32.0 Å². The van der Waals surface area contributed by atoms with Gasteiger partial charge in [-0.3, -0.25) is 0 Å². The summed E-state index contributed by atoms with van der Waals surface area (Å²) in [6, 6.07) is 11.3. The predicted molar refractivity (Wildman–Crippen MR) is 92.1 cm³/mol. The lowest BCUT2D eigenvalue weighted by molar-refractivity contribution is 0.680. The second-order valence-corrected chi connectivity index (χ2v) is 8.04. The third-order valence-corrected chi connectivity index (χ3v) is 5.83. The summed E-state index contributed by atoms with van der Waals surface area (Å²) in [5, 5.41) is 4.87. The average Bonchev–Trinajstić information content (AvgIpc) is 3.23. The highest BCUT2D eigenvalue weighted by Gasteiger charge is 2.22. The maximum absolute atomic E-state index is 4.88. The van der Waals surface area contributed by atoms with Crippen LogP contribution in [0.1, 0.15) is 48.2 Å². The Balaban J connectivity index is 1.65. The van der Waals surface area contributed by atoms with E-state index < -0.39 is 0 Å². The number of thiazole rings is 1. The van der Waals surface area contributed by atoms with Crippen LogP contribution in [0.4, 0.5) is 0 Å². The molecule has 0 bridgehead atoms. The molecule has 1 aliphatic rings. The van der Waals surface area contributed by atoms with Crippen LogP contribution >= 0.6 is 23.1 Å². The molecule has 0 aliphatic heterocycles. The predicted octanol–water partition coefficient (Wildman–Crippen LogP) is 4.81. The summed E-state index contributed by atoms with van der Waals surface area (Å²) in [5.41, 5.74) is 1.29. The quantitative estimate of drug-likeness (QED) is 0.742. The van der Waals surface area contributed by atoms with Crippen LogP contribution in [0.2, 0.25) is 0 Å². The molecule has 0 radical (unpaired) electrons. The molecule has 0 atom stereocenters. The van der Waals surface area contributed by atoms with E-state index >= 15 is 0 Å². The number of hydrogen-bond acceptors (Lipinski definition) is 4. The van der Waals surface area contributed by atoms with E-state index in [-0.39, 0.29) is 0 Å². The number of aromatic nitrogens is 1. The maximum Gasteiger partial charge on any atom is 0.103 e. The molecule has 0 spiro atoms. The molecule has 2 aromatic rings. The van der Waals surface area contributed by atoms with Gasteiger partial charge in [0.25, 0.3) is 0 Å². The standard InChI is InChI=1S/C17H22N2S2/c1-12(2)17-15(10-18-13-8-9-13)21-16(19-17)11-20-14-6-4-3-5-7-14/h3-7,12-13,18H,8-11H2,1-2H3. The van der Waals surface area contributed by atoms with Gasteiger partial charge in [0.2, 0.25) is 0 Å². The van der Waals surface area contributed by atoms with Gasteiger partial charge in [-0.15, -0.1) is 23.1 Å². The highest BCUT2D eigenvalue weighted by Crippen LogP contribution is 2.30. The van der Waals surface area contributed by atoms with Crippen molar-refractivity contribution in [1.29, 1.82) is 0 Å². The fraction of sp³-hybridized carbons (Fsp3) is 0.471. The van der Waals surface area contributed by atoms with Gasteiger partial charge in [0.1, 0.15) is 5.01 Å². The van der Waals surface area contributed by atoms with Crippen molar-refractivity contribution in [3.05, 3.63) is 45.9 Å². The Kier molecular flexibility index (Phi) is 4.99. The summed E-state index contributed by atoms with van der Waals surface area (Å²) in [6.45, 7) is 5.47. The minimum atomic E-state index is 0.507. The van der Waals surface area contributed by atoms with Gasteiger partial charge in [-0.05, 0) is 30.9 Å². The monoisotopic (exact) mass is 318 g/mol. The van der Waals surface area contributed by atoms with Crippen LogP contribution in [0.15, 0.2) is 35.2 Å². The molecule has 112 valence electrons. The topological polar surface area (TPSA) is 24.9 Å². The fourth-order valence-corrected chi connectivity index (χ4v) is 4.33. The van der Waals surface area contributed by atoms with Crippen LogP contribution in [0.3, 0.4) is 0 Å². The molecule has 0 saturated heterocycles. The first-order valence-corrected chi connectivity index (χ1v) is 9.42. The van der Waals surface area contributed by atoms with Gasteiger partial charge < -0.3 is 5.32 Å². The van der Waals surface area contributed by atoms with Crippen molar-refractivity contribution in [3.8, 4) is 0 Å². The number of hydrogen-bond donors (Lipinski definition) is 1. The van der Waals surface area contributed by atoms with E-state index in [1.54, 1.807) is 0 Å². The zero-order chi connectivity index (χ0) is 14.7. The van der Waals surface area contributed by atoms with Gasteiger partial charge in [-0.2, -0.15) is 0 Å². The maximum atomic E-state index is 4.88.